The van der Waals surface area contributed by atoms with E-state index in [-0.39, 0.29) is 6.04 Å². The summed E-state index contributed by atoms with van der Waals surface area (Å²) in [5.74, 6) is 0. The molecule has 1 saturated carbocycles. The lowest BCUT2D eigenvalue weighted by Gasteiger charge is -2.01. The Kier molecular flexibility index (Phi) is 1.28. The minimum Gasteiger partial charge on any atom is -0.325 e. The molecule has 2 atom stereocenters. The zero-order chi connectivity index (χ0) is 5.28. The number of hydrogen-bond donors (Lipinski definition) is 1. The van der Waals surface area contributed by atoms with Gasteiger partial charge in [0.05, 0.1) is 0 Å². The van der Waals surface area contributed by atoms with Crippen molar-refractivity contribution in [3.63, 3.8) is 0 Å². The third kappa shape index (κ3) is 0.911. The summed E-state index contributed by atoms with van der Waals surface area (Å²) in [6.07, 6.45) is 1.82. The van der Waals surface area contributed by atoms with Crippen molar-refractivity contribution in [3.8, 4) is 0 Å². The second kappa shape index (κ2) is 1.78. The lowest BCUT2D eigenvalue weighted by Crippen LogP contribution is -2.24. The van der Waals surface area contributed by atoms with Crippen LogP contribution in [0.15, 0.2) is 0 Å². The number of halogens is 1. The molecule has 2 heteroatoms. The van der Waals surface area contributed by atoms with Crippen molar-refractivity contribution in [1.29, 1.82) is 0 Å². The summed E-state index contributed by atoms with van der Waals surface area (Å²) in [6, 6.07) is -0.153. The van der Waals surface area contributed by atoms with E-state index in [0.717, 1.165) is 12.8 Å². The zero-order valence-corrected chi connectivity index (χ0v) is 4.23. The average Bonchev–Trinajstić information content (AvgIpc) is 1.91. The summed E-state index contributed by atoms with van der Waals surface area (Å²) in [5, 5.41) is 0. The quantitative estimate of drug-likeness (QED) is 0.483. The fraction of sp³-hybridized carbons (Fsp3) is 1.00. The van der Waals surface area contributed by atoms with Crippen molar-refractivity contribution in [2.75, 3.05) is 0 Å². The van der Waals surface area contributed by atoms with Crippen LogP contribution in [-0.2, 0) is 0 Å². The Morgan fingerprint density at radius 1 is 1.43 bits per heavy atom. The molecule has 1 aliphatic carbocycles. The molecular weight excluding hydrogens is 93.1 g/mol. The van der Waals surface area contributed by atoms with E-state index in [0.29, 0.717) is 6.42 Å². The van der Waals surface area contributed by atoms with Crippen LogP contribution in [0.4, 0.5) is 4.39 Å². The fourth-order valence-electron chi connectivity index (χ4n) is 0.943. The first-order valence-corrected chi connectivity index (χ1v) is 2.70. The van der Waals surface area contributed by atoms with E-state index in [1.807, 2.05) is 0 Å². The van der Waals surface area contributed by atoms with Gasteiger partial charge in [-0.3, -0.25) is 0 Å². The number of nitrogens with two attached hydrogens (primary N) is 1. The molecule has 0 amide bonds. The molecule has 0 aromatic carbocycles. The molecule has 7 heavy (non-hydrogen) atoms. The summed E-state index contributed by atoms with van der Waals surface area (Å²) < 4.78 is 12.2. The maximum absolute atomic E-state index is 12.2. The topological polar surface area (TPSA) is 26.0 Å². The van der Waals surface area contributed by atoms with Gasteiger partial charge in [0.1, 0.15) is 6.17 Å². The number of alkyl halides is 1. The van der Waals surface area contributed by atoms with Crippen molar-refractivity contribution in [3.05, 3.63) is 0 Å². The van der Waals surface area contributed by atoms with Crippen molar-refractivity contribution >= 4 is 0 Å². The van der Waals surface area contributed by atoms with Crippen LogP contribution in [-0.4, -0.2) is 12.2 Å². The minimum atomic E-state index is -0.708. The van der Waals surface area contributed by atoms with Gasteiger partial charge < -0.3 is 5.73 Å². The Morgan fingerprint density at radius 3 is 2.29 bits per heavy atom. The molecule has 1 nitrogen and oxygen atoms in total. The first kappa shape index (κ1) is 5.04. The van der Waals surface area contributed by atoms with Gasteiger partial charge in [0.15, 0.2) is 0 Å². The lowest BCUT2D eigenvalue weighted by atomic mass is 10.2. The van der Waals surface area contributed by atoms with E-state index in [1.165, 1.54) is 0 Å². The molecule has 42 valence electrons. The van der Waals surface area contributed by atoms with E-state index in [2.05, 4.69) is 0 Å². The van der Waals surface area contributed by atoms with Crippen LogP contribution >= 0.6 is 0 Å². The van der Waals surface area contributed by atoms with Crippen LogP contribution in [0.25, 0.3) is 0 Å². The molecule has 1 aliphatic rings. The predicted octanol–water partition coefficient (Wildman–Crippen LogP) is 0.836. The molecule has 0 spiro atoms. The van der Waals surface area contributed by atoms with Gasteiger partial charge in [-0.15, -0.1) is 0 Å². The van der Waals surface area contributed by atoms with Crippen LogP contribution in [0.3, 0.4) is 0 Å². The Labute approximate surface area is 42.7 Å². The summed E-state index contributed by atoms with van der Waals surface area (Å²) in [6.45, 7) is 0. The highest BCUT2D eigenvalue weighted by molar-refractivity contribution is 4.78. The zero-order valence-electron chi connectivity index (χ0n) is 4.23. The van der Waals surface area contributed by atoms with Crippen LogP contribution in [0.1, 0.15) is 19.3 Å². The third-order valence-corrected chi connectivity index (χ3v) is 1.48. The van der Waals surface area contributed by atoms with E-state index in [4.69, 9.17) is 5.73 Å². The Balaban J connectivity index is 2.33. The molecule has 2 N–H and O–H groups in total. The maximum Gasteiger partial charge on any atom is 0.115 e. The Bertz CT molecular complexity index is 57.1. The van der Waals surface area contributed by atoms with Crippen LogP contribution in [0, 0.1) is 0 Å². The van der Waals surface area contributed by atoms with E-state index < -0.39 is 6.17 Å². The highest BCUT2D eigenvalue weighted by Gasteiger charge is 2.22. The fourth-order valence-corrected chi connectivity index (χ4v) is 0.943. The Hall–Kier alpha value is -0.110. The van der Waals surface area contributed by atoms with E-state index in [9.17, 15) is 4.39 Å². The summed E-state index contributed by atoms with van der Waals surface area (Å²) >= 11 is 0. The first-order chi connectivity index (χ1) is 3.30. The molecule has 0 radical (unpaired) electrons. The molecule has 1 fully saturated rings. The van der Waals surface area contributed by atoms with Gasteiger partial charge in [-0.25, -0.2) is 4.39 Å². The van der Waals surface area contributed by atoms with Crippen LogP contribution in [0.2, 0.25) is 0 Å². The van der Waals surface area contributed by atoms with E-state index in [1.54, 1.807) is 0 Å². The SMILES string of the molecule is N[C@H]1CCC[C@@H]1F. The van der Waals surface area contributed by atoms with Gasteiger partial charge in [0, 0.05) is 6.04 Å². The van der Waals surface area contributed by atoms with Gasteiger partial charge in [0.25, 0.3) is 0 Å². The molecule has 0 heterocycles. The minimum absolute atomic E-state index is 0.153. The Morgan fingerprint density at radius 2 is 2.14 bits per heavy atom. The molecule has 0 unspecified atom stereocenters. The highest BCUT2D eigenvalue weighted by Crippen LogP contribution is 2.19. The monoisotopic (exact) mass is 103 g/mol. The predicted molar refractivity (Wildman–Crippen MR) is 26.7 cm³/mol. The smallest absolute Gasteiger partial charge is 0.115 e. The van der Waals surface area contributed by atoms with Gasteiger partial charge >= 0.3 is 0 Å². The second-order valence-corrected chi connectivity index (χ2v) is 2.11. The summed E-state index contributed by atoms with van der Waals surface area (Å²) in [4.78, 5) is 0. The molecule has 0 saturated heterocycles. The third-order valence-electron chi connectivity index (χ3n) is 1.48. The van der Waals surface area contributed by atoms with Crippen LogP contribution in [0.5, 0.6) is 0 Å². The molecule has 0 aromatic rings. The van der Waals surface area contributed by atoms with Gasteiger partial charge in [-0.2, -0.15) is 0 Å². The molecule has 0 bridgehead atoms. The first-order valence-electron chi connectivity index (χ1n) is 2.70. The standard InChI is InChI=1S/C5H10FN/c6-4-2-1-3-5(4)7/h4-5H,1-3,7H2/t4-,5-/m0/s1. The van der Waals surface area contributed by atoms with Gasteiger partial charge in [-0.1, -0.05) is 0 Å². The van der Waals surface area contributed by atoms with Crippen molar-refractivity contribution in [2.45, 2.75) is 31.5 Å². The highest BCUT2D eigenvalue weighted by atomic mass is 19.1. The summed E-state index contributed by atoms with van der Waals surface area (Å²) in [5.41, 5.74) is 5.30. The molecule has 0 aromatic heterocycles. The molecular formula is C5H10FN. The van der Waals surface area contributed by atoms with Crippen molar-refractivity contribution < 1.29 is 4.39 Å². The van der Waals surface area contributed by atoms with Crippen LogP contribution < -0.4 is 5.73 Å². The largest absolute Gasteiger partial charge is 0.325 e. The van der Waals surface area contributed by atoms with Gasteiger partial charge in [0.2, 0.25) is 0 Å². The molecule has 0 aliphatic heterocycles. The maximum atomic E-state index is 12.2. The second-order valence-electron chi connectivity index (χ2n) is 2.11. The van der Waals surface area contributed by atoms with Crippen molar-refractivity contribution in [1.82, 2.24) is 0 Å². The lowest BCUT2D eigenvalue weighted by molar-refractivity contribution is 0.312. The average molecular weight is 103 g/mol. The van der Waals surface area contributed by atoms with E-state index >= 15 is 0 Å². The number of rotatable bonds is 0. The van der Waals surface area contributed by atoms with Crippen molar-refractivity contribution in [2.24, 2.45) is 5.73 Å². The molecule has 1 rings (SSSR count). The summed E-state index contributed by atoms with van der Waals surface area (Å²) in [7, 11) is 0. The normalized spacial score (nSPS) is 42.0. The number of hydrogen-bond acceptors (Lipinski definition) is 1. The van der Waals surface area contributed by atoms with Gasteiger partial charge in [-0.05, 0) is 19.3 Å².